The lowest BCUT2D eigenvalue weighted by Crippen LogP contribution is -2.52. The Balaban J connectivity index is 1.52. The number of halogens is 1. The molecule has 1 aliphatic carbocycles. The Labute approximate surface area is 175 Å². The fourth-order valence-electron chi connectivity index (χ4n) is 4.92. The van der Waals surface area contributed by atoms with Gasteiger partial charge in [-0.2, -0.15) is 0 Å². The molecule has 0 bridgehead atoms. The van der Waals surface area contributed by atoms with Crippen LogP contribution in [0.5, 0.6) is 0 Å². The maximum Gasteiger partial charge on any atom is 0.332 e. The highest BCUT2D eigenvalue weighted by molar-refractivity contribution is 6.41. The number of esters is 1. The number of cyclic esters (lactones) is 1. The molecule has 2 fully saturated rings. The largest absolute Gasteiger partial charge is 0.457 e. The predicted molar refractivity (Wildman–Crippen MR) is 110 cm³/mol. The van der Waals surface area contributed by atoms with E-state index >= 15 is 0 Å². The van der Waals surface area contributed by atoms with Gasteiger partial charge < -0.3 is 9.26 Å². The van der Waals surface area contributed by atoms with Gasteiger partial charge in [0, 0.05) is 12.0 Å². The van der Waals surface area contributed by atoms with Crippen LogP contribution in [0.2, 0.25) is 0 Å². The van der Waals surface area contributed by atoms with Crippen molar-refractivity contribution >= 4 is 23.4 Å². The molecule has 6 heteroatoms. The predicted octanol–water partition coefficient (Wildman–Crippen LogP) is 4.94. The van der Waals surface area contributed by atoms with E-state index in [1.165, 1.54) is 0 Å². The van der Waals surface area contributed by atoms with Gasteiger partial charge in [0.2, 0.25) is 0 Å². The van der Waals surface area contributed by atoms with Crippen molar-refractivity contribution in [2.45, 2.75) is 69.8 Å². The maximum absolute atomic E-state index is 12.4. The number of rotatable bonds is 5. The summed E-state index contributed by atoms with van der Waals surface area (Å²) in [5, 5.41) is 2.87. The van der Waals surface area contributed by atoms with Gasteiger partial charge in [-0.05, 0) is 56.6 Å². The van der Waals surface area contributed by atoms with Gasteiger partial charge in [-0.25, -0.2) is 4.79 Å². The van der Waals surface area contributed by atoms with Crippen LogP contribution in [0, 0.1) is 19.8 Å². The van der Waals surface area contributed by atoms with Gasteiger partial charge in [-0.1, -0.05) is 42.3 Å². The summed E-state index contributed by atoms with van der Waals surface area (Å²) in [6, 6.07) is 8.30. The van der Waals surface area contributed by atoms with E-state index < -0.39 is 16.9 Å². The molecular weight excluding hydrogens is 390 g/mol. The van der Waals surface area contributed by atoms with Crippen molar-refractivity contribution in [2.75, 3.05) is 0 Å². The number of carbonyl (C=O) groups is 2. The van der Waals surface area contributed by atoms with Crippen LogP contribution in [-0.4, -0.2) is 27.9 Å². The lowest BCUT2D eigenvalue weighted by molar-refractivity contribution is -0.177. The lowest BCUT2D eigenvalue weighted by atomic mass is 9.76. The maximum atomic E-state index is 12.4. The first kappa shape index (κ1) is 20.1. The van der Waals surface area contributed by atoms with Crippen LogP contribution in [0.1, 0.15) is 55.5 Å². The summed E-state index contributed by atoms with van der Waals surface area (Å²) in [5.41, 5.74) is 3.41. The van der Waals surface area contributed by atoms with Crippen molar-refractivity contribution in [2.24, 2.45) is 5.92 Å². The highest BCUT2D eigenvalue weighted by Crippen LogP contribution is 2.44. The Kier molecular flexibility index (Phi) is 5.52. The van der Waals surface area contributed by atoms with Crippen LogP contribution in [-0.2, 0) is 20.7 Å². The van der Waals surface area contributed by atoms with Crippen molar-refractivity contribution in [3.8, 4) is 11.1 Å². The second kappa shape index (κ2) is 7.94. The van der Waals surface area contributed by atoms with E-state index in [4.69, 9.17) is 20.9 Å². The average Bonchev–Trinajstić information content (AvgIpc) is 3.36. The SMILES string of the molecule is Cc1noc(C)c1-c1ccc(CCC2(C3CCCC3)CC(=O)C(Cl)C(=O)O2)cc1. The summed E-state index contributed by atoms with van der Waals surface area (Å²) in [5.74, 6) is 0.256. The Hall–Kier alpha value is -2.14. The lowest BCUT2D eigenvalue weighted by Gasteiger charge is -2.42. The molecule has 1 saturated carbocycles. The minimum absolute atomic E-state index is 0.205. The third-order valence-electron chi connectivity index (χ3n) is 6.48. The van der Waals surface area contributed by atoms with Gasteiger partial charge in [-0.3, -0.25) is 4.79 Å². The molecule has 29 heavy (non-hydrogen) atoms. The first-order valence-corrected chi connectivity index (χ1v) is 10.7. The van der Waals surface area contributed by atoms with E-state index in [-0.39, 0.29) is 18.1 Å². The summed E-state index contributed by atoms with van der Waals surface area (Å²) in [6.07, 6.45) is 5.85. The molecule has 0 amide bonds. The van der Waals surface area contributed by atoms with Crippen molar-refractivity contribution in [1.82, 2.24) is 5.16 Å². The molecule has 1 saturated heterocycles. The molecule has 1 aromatic carbocycles. The smallest absolute Gasteiger partial charge is 0.332 e. The zero-order chi connectivity index (χ0) is 20.6. The number of ketones is 1. The number of hydrogen-bond acceptors (Lipinski definition) is 5. The third-order valence-corrected chi connectivity index (χ3v) is 6.90. The van der Waals surface area contributed by atoms with Gasteiger partial charge in [0.25, 0.3) is 0 Å². The number of carbonyl (C=O) groups excluding carboxylic acids is 2. The molecule has 2 unspecified atom stereocenters. The van der Waals surface area contributed by atoms with Crippen LogP contribution < -0.4 is 0 Å². The number of Topliss-reactive ketones (excluding diaryl/α,β-unsaturated/α-hetero) is 1. The van der Waals surface area contributed by atoms with Crippen molar-refractivity contribution < 1.29 is 18.8 Å². The second-order valence-corrected chi connectivity index (χ2v) is 8.81. The number of nitrogens with zero attached hydrogens (tertiary/aromatic N) is 1. The van der Waals surface area contributed by atoms with Crippen molar-refractivity contribution in [3.05, 3.63) is 41.3 Å². The van der Waals surface area contributed by atoms with Crippen LogP contribution in [0.25, 0.3) is 11.1 Å². The minimum atomic E-state index is -1.15. The van der Waals surface area contributed by atoms with Gasteiger partial charge >= 0.3 is 5.97 Å². The zero-order valence-electron chi connectivity index (χ0n) is 16.9. The highest BCUT2D eigenvalue weighted by Gasteiger charge is 2.50. The molecule has 1 aromatic heterocycles. The van der Waals surface area contributed by atoms with Crippen molar-refractivity contribution in [3.63, 3.8) is 0 Å². The van der Waals surface area contributed by atoms with Crippen LogP contribution in [0.15, 0.2) is 28.8 Å². The molecule has 154 valence electrons. The molecule has 2 aliphatic rings. The number of aromatic nitrogens is 1. The van der Waals surface area contributed by atoms with E-state index in [1.54, 1.807) is 0 Å². The highest BCUT2D eigenvalue weighted by atomic mass is 35.5. The monoisotopic (exact) mass is 415 g/mol. The number of ether oxygens (including phenoxy) is 1. The number of hydrogen-bond donors (Lipinski definition) is 0. The topological polar surface area (TPSA) is 69.4 Å². The van der Waals surface area contributed by atoms with E-state index in [9.17, 15) is 9.59 Å². The van der Waals surface area contributed by atoms with Crippen molar-refractivity contribution in [1.29, 1.82) is 0 Å². The van der Waals surface area contributed by atoms with E-state index in [0.717, 1.165) is 60.2 Å². The van der Waals surface area contributed by atoms with E-state index in [2.05, 4.69) is 29.4 Å². The molecule has 2 heterocycles. The summed E-state index contributed by atoms with van der Waals surface area (Å²) >= 11 is 5.92. The number of alkyl halides is 1. The molecule has 0 radical (unpaired) electrons. The van der Waals surface area contributed by atoms with Gasteiger partial charge in [0.15, 0.2) is 11.2 Å². The summed E-state index contributed by atoms with van der Waals surface area (Å²) in [6.45, 7) is 3.84. The van der Waals surface area contributed by atoms with E-state index in [0.29, 0.717) is 6.42 Å². The van der Waals surface area contributed by atoms with Gasteiger partial charge in [-0.15, -0.1) is 11.6 Å². The molecular formula is C23H26ClNO4. The number of aryl methyl sites for hydroxylation is 3. The quantitative estimate of drug-likeness (QED) is 0.393. The molecule has 0 spiro atoms. The zero-order valence-corrected chi connectivity index (χ0v) is 17.6. The Morgan fingerprint density at radius 3 is 2.41 bits per heavy atom. The van der Waals surface area contributed by atoms with Crippen LogP contribution >= 0.6 is 11.6 Å². The normalized spacial score (nSPS) is 25.4. The molecule has 5 nitrogen and oxygen atoms in total. The minimum Gasteiger partial charge on any atom is -0.457 e. The Bertz CT molecular complexity index is 874. The van der Waals surface area contributed by atoms with Gasteiger partial charge in [0.1, 0.15) is 11.4 Å². The molecule has 2 aromatic rings. The first-order chi connectivity index (χ1) is 13.9. The molecule has 2 atom stereocenters. The third kappa shape index (κ3) is 3.85. The first-order valence-electron chi connectivity index (χ1n) is 10.3. The summed E-state index contributed by atoms with van der Waals surface area (Å²) in [7, 11) is 0. The van der Waals surface area contributed by atoms with Crippen LogP contribution in [0.3, 0.4) is 0 Å². The fourth-order valence-corrected chi connectivity index (χ4v) is 5.04. The standard InChI is InChI=1S/C23H26ClNO4/c1-14-20(15(2)29-25-14)17-9-7-16(8-10-17)11-12-23(18-5-3-4-6-18)13-19(26)21(24)22(27)28-23/h7-10,18,21H,3-6,11-13H2,1-2H3. The fraction of sp³-hybridized carbons (Fsp3) is 0.522. The number of benzene rings is 1. The second-order valence-electron chi connectivity index (χ2n) is 8.37. The van der Waals surface area contributed by atoms with E-state index in [1.807, 2.05) is 13.8 Å². The molecule has 1 aliphatic heterocycles. The molecule has 4 rings (SSSR count). The summed E-state index contributed by atoms with van der Waals surface area (Å²) < 4.78 is 11.1. The Morgan fingerprint density at radius 2 is 1.83 bits per heavy atom. The summed E-state index contributed by atoms with van der Waals surface area (Å²) in [4.78, 5) is 24.6. The average molecular weight is 416 g/mol. The van der Waals surface area contributed by atoms with Gasteiger partial charge in [0.05, 0.1) is 5.69 Å². The Morgan fingerprint density at radius 1 is 1.14 bits per heavy atom. The van der Waals surface area contributed by atoms with Crippen LogP contribution in [0.4, 0.5) is 0 Å². The molecule has 0 N–H and O–H groups in total.